The van der Waals surface area contributed by atoms with E-state index in [2.05, 4.69) is 4.98 Å². The zero-order valence-corrected chi connectivity index (χ0v) is 11.5. The van der Waals surface area contributed by atoms with Crippen LogP contribution >= 0.6 is 11.6 Å². The zero-order chi connectivity index (χ0) is 13.5. The SMILES string of the molecule is CC(C)Cn1c(S(=O)(=O)O)nc2ccc(Cl)cc21. The normalized spacial score (nSPS) is 12.5. The molecule has 0 bridgehead atoms. The monoisotopic (exact) mass is 288 g/mol. The molecule has 0 saturated carbocycles. The van der Waals surface area contributed by atoms with Crippen molar-refractivity contribution < 1.29 is 13.0 Å². The summed E-state index contributed by atoms with van der Waals surface area (Å²) in [6.07, 6.45) is 0. The third-order valence-corrected chi connectivity index (χ3v) is 3.46. The molecule has 0 fully saturated rings. The van der Waals surface area contributed by atoms with Crippen LogP contribution in [0.25, 0.3) is 11.0 Å². The van der Waals surface area contributed by atoms with E-state index in [9.17, 15) is 13.0 Å². The Balaban J connectivity index is 2.77. The Kier molecular flexibility index (Phi) is 3.35. The summed E-state index contributed by atoms with van der Waals surface area (Å²) in [5.74, 6) is 0.210. The lowest BCUT2D eigenvalue weighted by molar-refractivity contribution is 0.447. The Bertz CT molecular complexity index is 692. The molecule has 0 saturated heterocycles. The van der Waals surface area contributed by atoms with Crippen LogP contribution in [0.15, 0.2) is 23.4 Å². The van der Waals surface area contributed by atoms with Gasteiger partial charge in [-0.2, -0.15) is 8.42 Å². The van der Waals surface area contributed by atoms with Crippen molar-refractivity contribution in [2.75, 3.05) is 0 Å². The van der Waals surface area contributed by atoms with E-state index in [1.165, 1.54) is 4.57 Å². The van der Waals surface area contributed by atoms with Gasteiger partial charge in [0.1, 0.15) is 0 Å². The van der Waals surface area contributed by atoms with E-state index in [4.69, 9.17) is 11.6 Å². The van der Waals surface area contributed by atoms with Gasteiger partial charge < -0.3 is 4.57 Å². The van der Waals surface area contributed by atoms with Gasteiger partial charge in [-0.3, -0.25) is 4.55 Å². The van der Waals surface area contributed by atoms with Gasteiger partial charge >= 0.3 is 10.1 Å². The van der Waals surface area contributed by atoms with Gasteiger partial charge in [0.25, 0.3) is 5.16 Å². The predicted octanol–water partition coefficient (Wildman–Crippen LogP) is 2.59. The summed E-state index contributed by atoms with van der Waals surface area (Å²) in [6.45, 7) is 4.33. The fraction of sp³-hybridized carbons (Fsp3) is 0.364. The molecular formula is C11H13ClN2O3S. The molecule has 1 N–H and O–H groups in total. The van der Waals surface area contributed by atoms with Crippen molar-refractivity contribution in [2.24, 2.45) is 5.92 Å². The Hall–Kier alpha value is -1.11. The maximum absolute atomic E-state index is 11.3. The van der Waals surface area contributed by atoms with Crippen LogP contribution < -0.4 is 0 Å². The van der Waals surface area contributed by atoms with Gasteiger partial charge in [-0.15, -0.1) is 0 Å². The number of rotatable bonds is 3. The van der Waals surface area contributed by atoms with Crippen LogP contribution in [-0.2, 0) is 16.7 Å². The van der Waals surface area contributed by atoms with E-state index in [0.717, 1.165) is 0 Å². The van der Waals surface area contributed by atoms with Crippen molar-refractivity contribution in [3.63, 3.8) is 0 Å². The first kappa shape index (κ1) is 13.3. The number of imidazole rings is 1. The van der Waals surface area contributed by atoms with Gasteiger partial charge in [-0.25, -0.2) is 4.98 Å². The third-order valence-electron chi connectivity index (χ3n) is 2.45. The second kappa shape index (κ2) is 4.53. The summed E-state index contributed by atoms with van der Waals surface area (Å²) in [4.78, 5) is 3.94. The van der Waals surface area contributed by atoms with Gasteiger partial charge in [0.15, 0.2) is 0 Å². The number of nitrogens with zero attached hydrogens (tertiary/aromatic N) is 2. The highest BCUT2D eigenvalue weighted by atomic mass is 35.5. The lowest BCUT2D eigenvalue weighted by atomic mass is 10.2. The first-order chi connectivity index (χ1) is 8.29. The molecule has 1 aromatic carbocycles. The van der Waals surface area contributed by atoms with Gasteiger partial charge in [-0.05, 0) is 24.1 Å². The maximum Gasteiger partial charge on any atom is 0.328 e. The van der Waals surface area contributed by atoms with E-state index >= 15 is 0 Å². The topological polar surface area (TPSA) is 72.2 Å². The van der Waals surface area contributed by atoms with Crippen LogP contribution in [0.4, 0.5) is 0 Å². The average Bonchev–Trinajstić information content (AvgIpc) is 2.56. The third kappa shape index (κ3) is 2.50. The number of hydrogen-bond donors (Lipinski definition) is 1. The van der Waals surface area contributed by atoms with Crippen LogP contribution in [0.5, 0.6) is 0 Å². The molecule has 0 atom stereocenters. The average molecular weight is 289 g/mol. The summed E-state index contributed by atoms with van der Waals surface area (Å²) in [5, 5.41) is 0.155. The van der Waals surface area contributed by atoms with E-state index in [0.29, 0.717) is 22.6 Å². The summed E-state index contributed by atoms with van der Waals surface area (Å²) < 4.78 is 33.3. The van der Waals surface area contributed by atoms with Crippen LogP contribution in [-0.4, -0.2) is 22.5 Å². The molecule has 18 heavy (non-hydrogen) atoms. The summed E-state index contributed by atoms with van der Waals surface area (Å²) in [7, 11) is -4.35. The lowest BCUT2D eigenvalue weighted by Crippen LogP contribution is -2.12. The highest BCUT2D eigenvalue weighted by Gasteiger charge is 2.21. The van der Waals surface area contributed by atoms with E-state index < -0.39 is 10.1 Å². The number of fused-ring (bicyclic) bond motifs is 1. The van der Waals surface area contributed by atoms with Gasteiger partial charge in [0.05, 0.1) is 11.0 Å². The molecule has 98 valence electrons. The molecule has 0 aliphatic heterocycles. The minimum atomic E-state index is -4.35. The van der Waals surface area contributed by atoms with Gasteiger partial charge in [-0.1, -0.05) is 25.4 Å². The van der Waals surface area contributed by atoms with E-state index in [1.807, 2.05) is 13.8 Å². The highest BCUT2D eigenvalue weighted by Crippen LogP contribution is 2.24. The van der Waals surface area contributed by atoms with E-state index in [1.54, 1.807) is 18.2 Å². The molecule has 0 radical (unpaired) electrons. The maximum atomic E-state index is 11.3. The summed E-state index contributed by atoms with van der Waals surface area (Å²) in [6, 6.07) is 4.90. The number of halogens is 1. The molecule has 7 heteroatoms. The summed E-state index contributed by atoms with van der Waals surface area (Å²) in [5.41, 5.74) is 1.09. The number of aromatic nitrogens is 2. The number of benzene rings is 1. The van der Waals surface area contributed by atoms with Crippen molar-refractivity contribution in [3.05, 3.63) is 23.2 Å². The predicted molar refractivity (Wildman–Crippen MR) is 69.4 cm³/mol. The fourth-order valence-electron chi connectivity index (χ4n) is 1.81. The van der Waals surface area contributed by atoms with Crippen molar-refractivity contribution in [3.8, 4) is 0 Å². The molecule has 0 aliphatic rings. The van der Waals surface area contributed by atoms with Crippen LogP contribution in [0.3, 0.4) is 0 Å². The molecule has 0 unspecified atom stereocenters. The second-order valence-electron chi connectivity index (χ2n) is 4.51. The lowest BCUT2D eigenvalue weighted by Gasteiger charge is -2.09. The first-order valence-corrected chi connectivity index (χ1v) is 7.24. The largest absolute Gasteiger partial charge is 0.328 e. The molecule has 2 aromatic rings. The highest BCUT2D eigenvalue weighted by molar-refractivity contribution is 7.85. The molecule has 1 aromatic heterocycles. The first-order valence-electron chi connectivity index (χ1n) is 5.42. The van der Waals surface area contributed by atoms with Crippen molar-refractivity contribution in [1.82, 2.24) is 9.55 Å². The molecular weight excluding hydrogens is 276 g/mol. The molecule has 2 rings (SSSR count). The molecule has 1 heterocycles. The van der Waals surface area contributed by atoms with Crippen LogP contribution in [0.2, 0.25) is 5.02 Å². The van der Waals surface area contributed by atoms with Crippen molar-refractivity contribution in [1.29, 1.82) is 0 Å². The Morgan fingerprint density at radius 2 is 2.11 bits per heavy atom. The minimum absolute atomic E-state index is 0.210. The summed E-state index contributed by atoms with van der Waals surface area (Å²) >= 11 is 5.90. The molecule has 0 amide bonds. The zero-order valence-electron chi connectivity index (χ0n) is 9.96. The Labute approximate surface area is 110 Å². The van der Waals surface area contributed by atoms with Crippen molar-refractivity contribution >= 4 is 32.8 Å². The Morgan fingerprint density at radius 1 is 1.44 bits per heavy atom. The second-order valence-corrected chi connectivity index (χ2v) is 6.26. The van der Waals surface area contributed by atoms with E-state index in [-0.39, 0.29) is 11.1 Å². The Morgan fingerprint density at radius 3 is 2.67 bits per heavy atom. The smallest absolute Gasteiger partial charge is 0.312 e. The van der Waals surface area contributed by atoms with Gasteiger partial charge in [0, 0.05) is 11.6 Å². The van der Waals surface area contributed by atoms with Gasteiger partial charge in [0.2, 0.25) is 0 Å². The number of hydrogen-bond acceptors (Lipinski definition) is 3. The standard InChI is InChI=1S/C11H13ClN2O3S/c1-7(2)6-14-10-5-8(12)3-4-9(10)13-11(14)18(15,16)17/h3-5,7H,6H2,1-2H3,(H,15,16,17). The molecule has 0 aliphatic carbocycles. The molecule has 0 spiro atoms. The quantitative estimate of drug-likeness (QED) is 0.881. The molecule has 5 nitrogen and oxygen atoms in total. The van der Waals surface area contributed by atoms with Crippen molar-refractivity contribution in [2.45, 2.75) is 25.5 Å². The van der Waals surface area contributed by atoms with Crippen LogP contribution in [0.1, 0.15) is 13.8 Å². The van der Waals surface area contributed by atoms with Crippen LogP contribution in [0, 0.1) is 5.92 Å². The fourth-order valence-corrected chi connectivity index (χ4v) is 2.64. The minimum Gasteiger partial charge on any atom is -0.312 e.